The molecule has 2 nitrogen and oxygen atoms in total. The van der Waals surface area contributed by atoms with Crippen molar-refractivity contribution in [2.45, 2.75) is 85.1 Å². The van der Waals surface area contributed by atoms with Crippen LogP contribution in [-0.4, -0.2) is 12.6 Å². The molecule has 4 bridgehead atoms. The van der Waals surface area contributed by atoms with Crippen molar-refractivity contribution in [1.82, 2.24) is 0 Å². The Bertz CT molecular complexity index is 419. The van der Waals surface area contributed by atoms with Crippen LogP contribution in [0, 0.1) is 23.2 Å². The van der Waals surface area contributed by atoms with Gasteiger partial charge in [-0.3, -0.25) is 0 Å². The van der Waals surface area contributed by atoms with Gasteiger partial charge >= 0.3 is 0 Å². The average molecular weight is 333 g/mol. The van der Waals surface area contributed by atoms with E-state index in [1.165, 1.54) is 49.7 Å². The lowest BCUT2D eigenvalue weighted by atomic mass is 9.48. The van der Waals surface area contributed by atoms with Crippen molar-refractivity contribution in [3.63, 3.8) is 0 Å². The second-order valence-corrected chi connectivity index (χ2v) is 9.17. The lowest BCUT2D eigenvalue weighted by molar-refractivity contribution is -0.0637. The van der Waals surface area contributed by atoms with Gasteiger partial charge in [-0.15, -0.1) is 0 Å². The van der Waals surface area contributed by atoms with Crippen LogP contribution in [-0.2, 0) is 0 Å². The van der Waals surface area contributed by atoms with E-state index in [9.17, 15) is 0 Å². The Morgan fingerprint density at radius 2 is 1.50 bits per heavy atom. The predicted octanol–water partition coefficient (Wildman–Crippen LogP) is 5.19. The van der Waals surface area contributed by atoms with Crippen LogP contribution in [0.2, 0.25) is 0 Å². The van der Waals surface area contributed by atoms with Gasteiger partial charge in [-0.25, -0.2) is 0 Å². The maximum atomic E-state index is 6.19. The smallest absolute Gasteiger partial charge is 0.0109 e. The molecule has 24 heavy (non-hydrogen) atoms. The summed E-state index contributed by atoms with van der Waals surface area (Å²) in [4.78, 5) is 0. The summed E-state index contributed by atoms with van der Waals surface area (Å²) >= 11 is 0. The molecule has 1 atom stereocenters. The van der Waals surface area contributed by atoms with Crippen molar-refractivity contribution in [3.05, 3.63) is 23.3 Å². The predicted molar refractivity (Wildman–Crippen MR) is 106 cm³/mol. The standard InChI is InChI=1S/C12H21N.C10H19N/c1-8(13)12-5-9-2-10(6-12)4-11(3-9)7-12;1-9(2)5-4-6-10(3)7-8-11/h8-11H,2-7,13H2,1H3;5,7H,4,6,8,11H2,1-3H3/b;10-7+. The number of nitrogens with two attached hydrogens (primary N) is 2. The van der Waals surface area contributed by atoms with Gasteiger partial charge < -0.3 is 11.5 Å². The summed E-state index contributed by atoms with van der Waals surface area (Å²) in [5, 5.41) is 0. The van der Waals surface area contributed by atoms with Crippen molar-refractivity contribution in [3.8, 4) is 0 Å². The molecule has 4 fully saturated rings. The van der Waals surface area contributed by atoms with Gasteiger partial charge in [0.25, 0.3) is 0 Å². The fraction of sp³-hybridized carbons (Fsp3) is 0.818. The van der Waals surface area contributed by atoms with Crippen LogP contribution in [0.3, 0.4) is 0 Å². The fourth-order valence-corrected chi connectivity index (χ4v) is 5.63. The molecule has 0 spiro atoms. The molecule has 0 radical (unpaired) electrons. The van der Waals surface area contributed by atoms with Crippen molar-refractivity contribution in [2.24, 2.45) is 34.6 Å². The van der Waals surface area contributed by atoms with E-state index >= 15 is 0 Å². The number of hydrogen-bond donors (Lipinski definition) is 2. The minimum atomic E-state index is 0.445. The fourth-order valence-electron chi connectivity index (χ4n) is 5.63. The second-order valence-electron chi connectivity index (χ2n) is 9.17. The van der Waals surface area contributed by atoms with Gasteiger partial charge in [0.1, 0.15) is 0 Å². The summed E-state index contributed by atoms with van der Waals surface area (Å²) in [5.74, 6) is 3.16. The van der Waals surface area contributed by atoms with Gasteiger partial charge in [0, 0.05) is 12.6 Å². The van der Waals surface area contributed by atoms with E-state index in [2.05, 4.69) is 39.8 Å². The molecule has 0 amide bonds. The summed E-state index contributed by atoms with van der Waals surface area (Å²) in [5.41, 5.74) is 14.9. The molecule has 4 N–H and O–H groups in total. The van der Waals surface area contributed by atoms with Crippen molar-refractivity contribution < 1.29 is 0 Å². The second kappa shape index (κ2) is 8.67. The minimum Gasteiger partial charge on any atom is -0.327 e. The zero-order valence-electron chi connectivity index (χ0n) is 16.5. The molecular formula is C22H40N2. The van der Waals surface area contributed by atoms with Crippen LogP contribution in [0.4, 0.5) is 0 Å². The average Bonchev–Trinajstić information content (AvgIpc) is 2.46. The summed E-state index contributed by atoms with van der Waals surface area (Å²) in [6, 6.07) is 0.445. The molecule has 0 saturated heterocycles. The molecule has 4 aliphatic rings. The van der Waals surface area contributed by atoms with Gasteiger partial charge in [0.15, 0.2) is 0 Å². The van der Waals surface area contributed by atoms with Crippen molar-refractivity contribution in [1.29, 1.82) is 0 Å². The van der Waals surface area contributed by atoms with Crippen molar-refractivity contribution in [2.75, 3.05) is 6.54 Å². The summed E-state index contributed by atoms with van der Waals surface area (Å²) in [6.45, 7) is 9.30. The van der Waals surface area contributed by atoms with Crippen LogP contribution in [0.1, 0.15) is 79.1 Å². The van der Waals surface area contributed by atoms with E-state index in [1.54, 1.807) is 0 Å². The Morgan fingerprint density at radius 1 is 1.00 bits per heavy atom. The van der Waals surface area contributed by atoms with Crippen molar-refractivity contribution >= 4 is 0 Å². The lowest BCUT2D eigenvalue weighted by Crippen LogP contribution is -2.53. The zero-order valence-corrected chi connectivity index (χ0v) is 16.5. The Balaban J connectivity index is 0.000000178. The van der Waals surface area contributed by atoms with Gasteiger partial charge in [-0.05, 0) is 102 Å². The van der Waals surface area contributed by atoms with Crippen LogP contribution >= 0.6 is 0 Å². The first-order chi connectivity index (χ1) is 11.3. The van der Waals surface area contributed by atoms with E-state index in [0.717, 1.165) is 30.6 Å². The summed E-state index contributed by atoms with van der Waals surface area (Å²) in [7, 11) is 0. The van der Waals surface area contributed by atoms with Crippen LogP contribution in [0.5, 0.6) is 0 Å². The summed E-state index contributed by atoms with van der Waals surface area (Å²) < 4.78 is 0. The highest BCUT2D eigenvalue weighted by molar-refractivity contribution is 5.04. The van der Waals surface area contributed by atoms with E-state index in [1.807, 2.05) is 0 Å². The van der Waals surface area contributed by atoms with Crippen LogP contribution in [0.15, 0.2) is 23.3 Å². The number of rotatable bonds is 5. The van der Waals surface area contributed by atoms with Gasteiger partial charge in [-0.2, -0.15) is 0 Å². The molecule has 2 heteroatoms. The molecule has 0 heterocycles. The monoisotopic (exact) mass is 332 g/mol. The third kappa shape index (κ3) is 5.20. The zero-order chi connectivity index (χ0) is 17.7. The van der Waals surface area contributed by atoms with E-state index in [4.69, 9.17) is 11.5 Å². The highest BCUT2D eigenvalue weighted by Crippen LogP contribution is 2.60. The molecule has 0 aliphatic heterocycles. The Labute approximate surface area is 150 Å². The Morgan fingerprint density at radius 3 is 1.88 bits per heavy atom. The molecule has 4 saturated carbocycles. The molecule has 0 aromatic rings. The molecular weight excluding hydrogens is 292 g/mol. The maximum Gasteiger partial charge on any atom is 0.0109 e. The highest BCUT2D eigenvalue weighted by Gasteiger charge is 2.52. The SMILES string of the molecule is CC(C)=CCC/C(C)=C/CN.CC(N)C12CC3CC(CC(C3)C1)C2. The number of hydrogen-bond acceptors (Lipinski definition) is 2. The van der Waals surface area contributed by atoms with Crippen LogP contribution in [0.25, 0.3) is 0 Å². The van der Waals surface area contributed by atoms with Gasteiger partial charge in [0.05, 0.1) is 0 Å². The summed E-state index contributed by atoms with van der Waals surface area (Å²) in [6.07, 6.45) is 15.6. The topological polar surface area (TPSA) is 52.0 Å². The van der Waals surface area contributed by atoms with Gasteiger partial charge in [0.2, 0.25) is 0 Å². The molecule has 1 unspecified atom stereocenters. The Hall–Kier alpha value is -0.600. The first-order valence-electron chi connectivity index (χ1n) is 10.1. The first kappa shape index (κ1) is 19.7. The third-order valence-electron chi connectivity index (χ3n) is 6.61. The minimum absolute atomic E-state index is 0.445. The molecule has 0 aromatic heterocycles. The third-order valence-corrected chi connectivity index (χ3v) is 6.61. The van der Waals surface area contributed by atoms with E-state index in [-0.39, 0.29) is 0 Å². The molecule has 4 rings (SSSR count). The lowest BCUT2D eigenvalue weighted by Gasteiger charge is -2.58. The number of allylic oxidation sites excluding steroid dienone is 3. The molecule has 4 aliphatic carbocycles. The Kier molecular flexibility index (Phi) is 7.12. The van der Waals surface area contributed by atoms with Gasteiger partial charge in [-0.1, -0.05) is 23.3 Å². The van der Waals surface area contributed by atoms with E-state index < -0.39 is 0 Å². The maximum absolute atomic E-state index is 6.19. The highest BCUT2D eigenvalue weighted by atomic mass is 14.7. The molecule has 138 valence electrons. The first-order valence-corrected chi connectivity index (χ1v) is 10.1. The molecule has 0 aromatic carbocycles. The van der Waals surface area contributed by atoms with Crippen LogP contribution < -0.4 is 11.5 Å². The largest absolute Gasteiger partial charge is 0.327 e. The van der Waals surface area contributed by atoms with E-state index in [0.29, 0.717) is 18.0 Å². The normalized spacial score (nSPS) is 35.2. The quantitative estimate of drug-likeness (QED) is 0.681.